The fourth-order valence-electron chi connectivity index (χ4n) is 3.03. The van der Waals surface area contributed by atoms with Gasteiger partial charge in [-0.05, 0) is 42.0 Å². The summed E-state index contributed by atoms with van der Waals surface area (Å²) in [5, 5.41) is 12.1. The van der Waals surface area contributed by atoms with Crippen LogP contribution in [0, 0.1) is 11.6 Å². The van der Waals surface area contributed by atoms with E-state index in [2.05, 4.69) is 15.5 Å². The first-order valence-electron chi connectivity index (χ1n) is 9.60. The van der Waals surface area contributed by atoms with Crippen LogP contribution >= 0.6 is 23.4 Å². The largest absolute Gasteiger partial charge is 0.323 e. The molecule has 0 saturated heterocycles. The fraction of sp³-hybridized carbons (Fsp3) is 0.0870. The minimum atomic E-state index is -0.706. The Balaban J connectivity index is 1.55. The molecule has 0 bridgehead atoms. The van der Waals surface area contributed by atoms with Crippen LogP contribution in [0.4, 0.5) is 14.5 Å². The molecule has 0 unspecified atom stereocenters. The molecule has 0 radical (unpaired) electrons. The number of rotatable bonds is 7. The minimum absolute atomic E-state index is 0.0521. The number of nitrogens with zero attached hydrogens (tertiary/aromatic N) is 3. The molecule has 0 aliphatic heterocycles. The van der Waals surface area contributed by atoms with E-state index < -0.39 is 17.5 Å². The third kappa shape index (κ3) is 5.33. The Morgan fingerprint density at radius 3 is 2.50 bits per heavy atom. The summed E-state index contributed by atoms with van der Waals surface area (Å²) in [6.07, 6.45) is 0. The molecule has 4 rings (SSSR count). The van der Waals surface area contributed by atoms with Crippen LogP contribution in [0.5, 0.6) is 0 Å². The van der Waals surface area contributed by atoms with Crippen LogP contribution < -0.4 is 5.32 Å². The van der Waals surface area contributed by atoms with Gasteiger partial charge in [0.2, 0.25) is 5.91 Å². The minimum Gasteiger partial charge on any atom is -0.323 e. The maximum atomic E-state index is 13.8. The van der Waals surface area contributed by atoms with Crippen molar-refractivity contribution in [3.05, 3.63) is 95.0 Å². The summed E-state index contributed by atoms with van der Waals surface area (Å²) < 4.78 is 29.0. The van der Waals surface area contributed by atoms with Crippen molar-refractivity contribution < 1.29 is 13.6 Å². The third-order valence-corrected chi connectivity index (χ3v) is 5.76. The number of benzene rings is 3. The lowest BCUT2D eigenvalue weighted by molar-refractivity contribution is -0.113. The molecular weight excluding hydrogens is 454 g/mol. The standard InChI is InChI=1S/C23H17ClF2N4OS/c24-17-8-6-16(7-9-17)22-28-29-23(30(22)13-15-4-2-1-3-5-15)32-14-21(31)27-20-12-18(25)10-11-19(20)26/h1-12H,13-14H2,(H,27,31). The van der Waals surface area contributed by atoms with E-state index >= 15 is 0 Å². The van der Waals surface area contributed by atoms with Gasteiger partial charge in [0.25, 0.3) is 0 Å². The van der Waals surface area contributed by atoms with Crippen molar-refractivity contribution in [1.29, 1.82) is 0 Å². The van der Waals surface area contributed by atoms with E-state index in [1.54, 1.807) is 12.1 Å². The van der Waals surface area contributed by atoms with Crippen molar-refractivity contribution in [2.45, 2.75) is 11.7 Å². The van der Waals surface area contributed by atoms with E-state index in [1.807, 2.05) is 47.0 Å². The van der Waals surface area contributed by atoms with E-state index in [4.69, 9.17) is 11.6 Å². The van der Waals surface area contributed by atoms with Crippen LogP contribution in [0.3, 0.4) is 0 Å². The van der Waals surface area contributed by atoms with Crippen LogP contribution in [0.2, 0.25) is 5.02 Å². The molecule has 1 aromatic heterocycles. The van der Waals surface area contributed by atoms with Crippen LogP contribution in [-0.4, -0.2) is 26.4 Å². The zero-order valence-corrected chi connectivity index (χ0v) is 18.2. The molecule has 1 amide bonds. The molecule has 32 heavy (non-hydrogen) atoms. The first kappa shape index (κ1) is 22.0. The number of carbonyl (C=O) groups is 1. The van der Waals surface area contributed by atoms with E-state index in [-0.39, 0.29) is 11.4 Å². The molecule has 0 atom stereocenters. The van der Waals surface area contributed by atoms with Gasteiger partial charge in [0.05, 0.1) is 18.0 Å². The molecule has 9 heteroatoms. The Hall–Kier alpha value is -3.23. The Labute approximate surface area is 192 Å². The van der Waals surface area contributed by atoms with Gasteiger partial charge in [-0.3, -0.25) is 9.36 Å². The van der Waals surface area contributed by atoms with Gasteiger partial charge in [0, 0.05) is 16.7 Å². The molecule has 0 aliphatic rings. The molecule has 4 aromatic rings. The lowest BCUT2D eigenvalue weighted by atomic mass is 10.2. The lowest BCUT2D eigenvalue weighted by Gasteiger charge is -2.11. The van der Waals surface area contributed by atoms with E-state index in [9.17, 15) is 13.6 Å². The van der Waals surface area contributed by atoms with Crippen LogP contribution in [0.25, 0.3) is 11.4 Å². The van der Waals surface area contributed by atoms with Crippen LogP contribution in [0.1, 0.15) is 5.56 Å². The van der Waals surface area contributed by atoms with Crippen LogP contribution in [0.15, 0.2) is 78.0 Å². The quantitative estimate of drug-likeness (QED) is 0.354. The highest BCUT2D eigenvalue weighted by Gasteiger charge is 2.17. The highest BCUT2D eigenvalue weighted by Crippen LogP contribution is 2.26. The average Bonchev–Trinajstić information content (AvgIpc) is 3.18. The smallest absolute Gasteiger partial charge is 0.234 e. The van der Waals surface area contributed by atoms with Crippen molar-refractivity contribution in [3.8, 4) is 11.4 Å². The normalized spacial score (nSPS) is 10.8. The predicted molar refractivity (Wildman–Crippen MR) is 122 cm³/mol. The number of aromatic nitrogens is 3. The number of thioether (sulfide) groups is 1. The van der Waals surface area contributed by atoms with Gasteiger partial charge in [-0.2, -0.15) is 0 Å². The molecule has 0 saturated carbocycles. The molecule has 0 aliphatic carbocycles. The second-order valence-corrected chi connectivity index (χ2v) is 8.22. The van der Waals surface area contributed by atoms with Crippen molar-refractivity contribution in [2.24, 2.45) is 0 Å². The summed E-state index contributed by atoms with van der Waals surface area (Å²) in [5.74, 6) is -1.25. The van der Waals surface area contributed by atoms with Crippen molar-refractivity contribution in [1.82, 2.24) is 14.8 Å². The highest BCUT2D eigenvalue weighted by atomic mass is 35.5. The topological polar surface area (TPSA) is 59.8 Å². The monoisotopic (exact) mass is 470 g/mol. The highest BCUT2D eigenvalue weighted by molar-refractivity contribution is 7.99. The molecule has 5 nitrogen and oxygen atoms in total. The SMILES string of the molecule is O=C(CSc1nnc(-c2ccc(Cl)cc2)n1Cc1ccccc1)Nc1cc(F)ccc1F. The van der Waals surface area contributed by atoms with E-state index in [0.29, 0.717) is 22.5 Å². The second kappa shape index (κ2) is 9.93. The zero-order chi connectivity index (χ0) is 22.5. The van der Waals surface area contributed by atoms with Crippen molar-refractivity contribution in [3.63, 3.8) is 0 Å². The summed E-state index contributed by atoms with van der Waals surface area (Å²) in [7, 11) is 0. The first-order valence-corrected chi connectivity index (χ1v) is 11.0. The maximum absolute atomic E-state index is 13.8. The molecule has 162 valence electrons. The summed E-state index contributed by atoms with van der Waals surface area (Å²) in [6, 6.07) is 19.9. The Morgan fingerprint density at radius 2 is 1.75 bits per heavy atom. The molecule has 1 N–H and O–H groups in total. The number of nitrogens with one attached hydrogen (secondary N) is 1. The zero-order valence-electron chi connectivity index (χ0n) is 16.6. The van der Waals surface area contributed by atoms with Gasteiger partial charge < -0.3 is 5.32 Å². The lowest BCUT2D eigenvalue weighted by Crippen LogP contribution is -2.16. The molecule has 3 aromatic carbocycles. The Bertz CT molecular complexity index is 1230. The fourth-order valence-corrected chi connectivity index (χ4v) is 3.89. The van der Waals surface area contributed by atoms with Gasteiger partial charge in [-0.1, -0.05) is 53.7 Å². The third-order valence-electron chi connectivity index (χ3n) is 4.54. The summed E-state index contributed by atoms with van der Waals surface area (Å²) in [5.41, 5.74) is 1.66. The summed E-state index contributed by atoms with van der Waals surface area (Å²) >= 11 is 7.16. The average molecular weight is 471 g/mol. The number of hydrogen-bond donors (Lipinski definition) is 1. The van der Waals surface area contributed by atoms with E-state index in [0.717, 1.165) is 41.1 Å². The molecular formula is C23H17ClF2N4OS. The number of halogens is 3. The predicted octanol–water partition coefficient (Wildman–Crippen LogP) is 5.66. The number of carbonyl (C=O) groups excluding carboxylic acids is 1. The van der Waals surface area contributed by atoms with Gasteiger partial charge in [0.15, 0.2) is 11.0 Å². The first-order chi connectivity index (χ1) is 15.5. The molecule has 1 heterocycles. The summed E-state index contributed by atoms with van der Waals surface area (Å²) in [6.45, 7) is 0.494. The van der Waals surface area contributed by atoms with Gasteiger partial charge in [-0.25, -0.2) is 8.78 Å². The Kier molecular flexibility index (Phi) is 6.82. The van der Waals surface area contributed by atoms with Crippen molar-refractivity contribution >= 4 is 35.0 Å². The van der Waals surface area contributed by atoms with Gasteiger partial charge in [-0.15, -0.1) is 10.2 Å². The summed E-state index contributed by atoms with van der Waals surface area (Å²) in [4.78, 5) is 12.3. The molecule has 0 fully saturated rings. The molecule has 0 spiro atoms. The van der Waals surface area contributed by atoms with Gasteiger partial charge in [0.1, 0.15) is 11.6 Å². The number of amides is 1. The second-order valence-electron chi connectivity index (χ2n) is 6.85. The maximum Gasteiger partial charge on any atom is 0.234 e. The number of hydrogen-bond acceptors (Lipinski definition) is 4. The number of anilines is 1. The van der Waals surface area contributed by atoms with Crippen molar-refractivity contribution in [2.75, 3.05) is 11.1 Å². The van der Waals surface area contributed by atoms with Crippen LogP contribution in [-0.2, 0) is 11.3 Å². The Morgan fingerprint density at radius 1 is 1.00 bits per heavy atom. The van der Waals surface area contributed by atoms with Gasteiger partial charge >= 0.3 is 0 Å². The van der Waals surface area contributed by atoms with E-state index in [1.165, 1.54) is 0 Å².